The number of nitrogens with two attached hydrogens (primary N) is 1. The number of hydrogen-bond acceptors (Lipinski definition) is 6. The van der Waals surface area contributed by atoms with Crippen molar-refractivity contribution >= 4 is 17.4 Å². The molecule has 3 N–H and O–H groups in total. The minimum absolute atomic E-state index is 0.107. The summed E-state index contributed by atoms with van der Waals surface area (Å²) in [6.45, 7) is 2.76. The first kappa shape index (κ1) is 26.3. The quantitative estimate of drug-likeness (QED) is 0.271. The van der Waals surface area contributed by atoms with Crippen LogP contribution in [0.15, 0.2) is 90.2 Å². The van der Waals surface area contributed by atoms with E-state index in [9.17, 15) is 14.0 Å². The third-order valence-electron chi connectivity index (χ3n) is 6.02. The molecule has 3 heterocycles. The number of benzene rings is 2. The third kappa shape index (κ3) is 5.44. The second-order valence-corrected chi connectivity index (χ2v) is 8.84. The van der Waals surface area contributed by atoms with Crippen molar-refractivity contribution in [2.24, 2.45) is 0 Å². The fourth-order valence-electron chi connectivity index (χ4n) is 4.13. The molecule has 0 fully saturated rings. The number of rotatable bonds is 8. The fourth-order valence-corrected chi connectivity index (χ4v) is 4.13. The number of carbonyl (C=O) groups is 1. The first-order valence-electron chi connectivity index (χ1n) is 12.4. The number of pyridine rings is 2. The van der Waals surface area contributed by atoms with Gasteiger partial charge in [-0.05, 0) is 61.0 Å². The van der Waals surface area contributed by atoms with E-state index in [0.29, 0.717) is 16.8 Å². The van der Waals surface area contributed by atoms with Crippen LogP contribution in [0.1, 0.15) is 23.7 Å². The highest BCUT2D eigenvalue weighted by Crippen LogP contribution is 2.37. The molecule has 40 heavy (non-hydrogen) atoms. The molecule has 0 saturated carbocycles. The Morgan fingerprint density at radius 2 is 1.88 bits per heavy atom. The Labute approximate surface area is 227 Å². The molecular weight excluding hydrogens is 518 g/mol. The lowest BCUT2D eigenvalue weighted by Gasteiger charge is -2.13. The number of aryl methyl sites for hydroxylation is 1. The number of hydrogen-bond donors (Lipinski definition) is 2. The van der Waals surface area contributed by atoms with Gasteiger partial charge in [0, 0.05) is 48.1 Å². The van der Waals surface area contributed by atoms with Crippen molar-refractivity contribution < 1.29 is 18.3 Å². The molecule has 0 unspecified atom stereocenters. The maximum Gasteiger partial charge on any atom is 0.267 e. The van der Waals surface area contributed by atoms with Crippen LogP contribution in [0.2, 0.25) is 0 Å². The summed E-state index contributed by atoms with van der Waals surface area (Å²) in [5.74, 6) is -1.56. The Bertz CT molecular complexity index is 1750. The lowest BCUT2D eigenvalue weighted by atomic mass is 10.1. The largest absolute Gasteiger partial charge is 0.453 e. The second-order valence-electron chi connectivity index (χ2n) is 8.84. The van der Waals surface area contributed by atoms with Crippen molar-refractivity contribution in [3.05, 3.63) is 113 Å². The number of amides is 1. The predicted octanol–water partition coefficient (Wildman–Crippen LogP) is 5.41. The van der Waals surface area contributed by atoms with Crippen LogP contribution >= 0.6 is 0 Å². The highest BCUT2D eigenvalue weighted by atomic mass is 19.1. The van der Waals surface area contributed by atoms with Crippen molar-refractivity contribution in [2.75, 3.05) is 11.1 Å². The molecule has 0 radical (unpaired) electrons. The van der Waals surface area contributed by atoms with Crippen molar-refractivity contribution in [3.63, 3.8) is 0 Å². The van der Waals surface area contributed by atoms with Gasteiger partial charge in [0.25, 0.3) is 11.5 Å². The molecule has 3 aromatic heterocycles. The smallest absolute Gasteiger partial charge is 0.267 e. The van der Waals surface area contributed by atoms with Crippen LogP contribution in [-0.2, 0) is 6.54 Å². The van der Waals surface area contributed by atoms with Crippen molar-refractivity contribution in [1.82, 2.24) is 19.3 Å². The molecule has 0 aliphatic heterocycles. The summed E-state index contributed by atoms with van der Waals surface area (Å²) < 4.78 is 37.2. The van der Waals surface area contributed by atoms with E-state index in [4.69, 9.17) is 10.5 Å². The third-order valence-corrected chi connectivity index (χ3v) is 6.02. The number of halogens is 2. The van der Waals surface area contributed by atoms with E-state index in [1.165, 1.54) is 65.5 Å². The Morgan fingerprint density at radius 1 is 1.07 bits per heavy atom. The zero-order valence-electron chi connectivity index (χ0n) is 21.3. The molecule has 0 saturated heterocycles. The molecule has 9 nitrogen and oxygen atoms in total. The average Bonchev–Trinajstić information content (AvgIpc) is 3.39. The Kier molecular flexibility index (Phi) is 7.36. The number of ether oxygens (including phenoxy) is 1. The number of carbonyl (C=O) groups excluding carboxylic acids is 1. The minimum atomic E-state index is -0.752. The monoisotopic (exact) mass is 542 g/mol. The van der Waals surface area contributed by atoms with Gasteiger partial charge in [-0.15, -0.1) is 0 Å². The highest BCUT2D eigenvalue weighted by molar-refractivity contribution is 6.04. The van der Waals surface area contributed by atoms with Crippen LogP contribution in [-0.4, -0.2) is 25.2 Å². The minimum Gasteiger partial charge on any atom is -0.453 e. The molecule has 1 amide bonds. The van der Waals surface area contributed by atoms with Gasteiger partial charge in [0.05, 0.1) is 11.8 Å². The zero-order chi connectivity index (χ0) is 28.2. The van der Waals surface area contributed by atoms with Crippen LogP contribution in [0.25, 0.3) is 16.8 Å². The van der Waals surface area contributed by atoms with Gasteiger partial charge in [0.15, 0.2) is 11.6 Å². The summed E-state index contributed by atoms with van der Waals surface area (Å²) in [5.41, 5.74) is 6.98. The summed E-state index contributed by atoms with van der Waals surface area (Å²) in [5, 5.41) is 6.84. The van der Waals surface area contributed by atoms with Crippen molar-refractivity contribution in [1.29, 1.82) is 0 Å². The van der Waals surface area contributed by atoms with Gasteiger partial charge in [-0.25, -0.2) is 13.8 Å². The lowest BCUT2D eigenvalue weighted by molar-refractivity contribution is 0.102. The summed E-state index contributed by atoms with van der Waals surface area (Å²) in [6.07, 6.45) is 7.27. The summed E-state index contributed by atoms with van der Waals surface area (Å²) in [6, 6.07) is 13.6. The zero-order valence-corrected chi connectivity index (χ0v) is 21.3. The molecule has 5 aromatic rings. The van der Waals surface area contributed by atoms with Crippen LogP contribution in [0.5, 0.6) is 11.5 Å². The van der Waals surface area contributed by atoms with Gasteiger partial charge in [-0.1, -0.05) is 6.92 Å². The van der Waals surface area contributed by atoms with E-state index in [-0.39, 0.29) is 28.6 Å². The molecule has 0 bridgehead atoms. The average molecular weight is 543 g/mol. The van der Waals surface area contributed by atoms with Crippen molar-refractivity contribution in [3.8, 4) is 28.3 Å². The number of nitrogens with zero attached hydrogens (tertiary/aromatic N) is 4. The Hall–Kier alpha value is -5.32. The molecule has 0 atom stereocenters. The van der Waals surface area contributed by atoms with Gasteiger partial charge < -0.3 is 15.8 Å². The number of nitrogen functional groups attached to an aromatic ring is 1. The molecule has 0 spiro atoms. The number of anilines is 2. The van der Waals surface area contributed by atoms with E-state index in [1.807, 2.05) is 13.1 Å². The topological polar surface area (TPSA) is 117 Å². The normalized spacial score (nSPS) is 10.9. The maximum atomic E-state index is 15.1. The molecule has 2 aromatic carbocycles. The van der Waals surface area contributed by atoms with Gasteiger partial charge in [-0.3, -0.25) is 18.8 Å². The molecule has 11 heteroatoms. The Balaban J connectivity index is 1.36. The van der Waals surface area contributed by atoms with Crippen LogP contribution < -0.4 is 21.3 Å². The molecule has 0 aliphatic carbocycles. The standard InChI is InChI=1S/C29H24F2N6O3/c1-2-13-36-17-18(16-34-36)26-25(11-12-33-27(26)32)40-24-10-7-20(15-23(24)31)35-28(38)22-4-3-14-37(29(22)39)21-8-5-19(30)6-9-21/h3-12,14-17H,2,13H2,1H3,(H2,32,33)(H,35,38). The lowest BCUT2D eigenvalue weighted by Crippen LogP contribution is -2.27. The van der Waals surface area contributed by atoms with Gasteiger partial charge >= 0.3 is 0 Å². The first-order chi connectivity index (χ1) is 19.3. The second kappa shape index (κ2) is 11.2. The summed E-state index contributed by atoms with van der Waals surface area (Å²) in [4.78, 5) is 29.9. The van der Waals surface area contributed by atoms with E-state index in [0.717, 1.165) is 19.0 Å². The first-order valence-corrected chi connectivity index (χ1v) is 12.4. The van der Waals surface area contributed by atoms with E-state index in [1.54, 1.807) is 16.9 Å². The van der Waals surface area contributed by atoms with E-state index >= 15 is 4.39 Å². The van der Waals surface area contributed by atoms with Gasteiger partial charge in [0.1, 0.15) is 22.9 Å². The van der Waals surface area contributed by atoms with Crippen LogP contribution in [0.4, 0.5) is 20.3 Å². The molecular formula is C29H24F2N6O3. The predicted molar refractivity (Wildman–Crippen MR) is 147 cm³/mol. The molecule has 5 rings (SSSR count). The molecule has 0 aliphatic rings. The van der Waals surface area contributed by atoms with Gasteiger partial charge in [-0.2, -0.15) is 5.10 Å². The Morgan fingerprint density at radius 3 is 2.62 bits per heavy atom. The number of nitrogens with one attached hydrogen (secondary N) is 1. The fraction of sp³-hybridized carbons (Fsp3) is 0.103. The molecule has 202 valence electrons. The van der Waals surface area contributed by atoms with Crippen LogP contribution in [0, 0.1) is 11.6 Å². The summed E-state index contributed by atoms with van der Waals surface area (Å²) in [7, 11) is 0. The maximum absolute atomic E-state index is 15.1. The summed E-state index contributed by atoms with van der Waals surface area (Å²) >= 11 is 0. The number of aromatic nitrogens is 4. The van der Waals surface area contributed by atoms with Crippen LogP contribution in [0.3, 0.4) is 0 Å². The SMILES string of the molecule is CCCn1cc(-c2c(Oc3ccc(NC(=O)c4cccn(-c5ccc(F)cc5)c4=O)cc3F)ccnc2N)cn1. The highest BCUT2D eigenvalue weighted by Gasteiger charge is 2.18. The van der Waals surface area contributed by atoms with E-state index < -0.39 is 23.1 Å². The van der Waals surface area contributed by atoms with Gasteiger partial charge in [0.2, 0.25) is 0 Å². The van der Waals surface area contributed by atoms with E-state index in [2.05, 4.69) is 15.4 Å². The van der Waals surface area contributed by atoms with Crippen molar-refractivity contribution in [2.45, 2.75) is 19.9 Å².